The van der Waals surface area contributed by atoms with Crippen molar-refractivity contribution in [2.24, 2.45) is 0 Å². The highest BCUT2D eigenvalue weighted by molar-refractivity contribution is 7.66. The van der Waals surface area contributed by atoms with Crippen LogP contribution in [0.1, 0.15) is 40.7 Å². The summed E-state index contributed by atoms with van der Waals surface area (Å²) in [5, 5.41) is 14.4. The molecule has 0 radical (unpaired) electrons. The molecule has 0 saturated carbocycles. The van der Waals surface area contributed by atoms with Gasteiger partial charge in [-0.1, -0.05) is 37.3 Å². The molecular formula is C29H30N5O14P3. The first-order chi connectivity index (χ1) is 23.9. The standard InChI is InChI=1S/C29H30N5O14P3/c1-14-2-3-16-8-17-6-4-15-5-7-18(9-20(15)21(17)10-19(14)16)28(37)34-13-33(26-25(34)27(36)32-29(30)31-26)24-11-22(35)23(46-24)12-45-50(41,42)48-51(43,44)47-49(38,39)40/h2-10,14,22-24,35H,11-13H2,1H3,(H,41,42)(H,43,44)(H2,38,39,40)(H3,30,31,32,36). The molecule has 51 heavy (non-hydrogen) atoms. The number of benzene rings is 3. The van der Waals surface area contributed by atoms with Crippen LogP contribution in [0.2, 0.25) is 0 Å². The van der Waals surface area contributed by atoms with Gasteiger partial charge >= 0.3 is 23.5 Å². The highest BCUT2D eigenvalue weighted by atomic mass is 31.3. The van der Waals surface area contributed by atoms with Crippen molar-refractivity contribution in [2.45, 2.75) is 37.7 Å². The van der Waals surface area contributed by atoms with E-state index < -0.39 is 60.0 Å². The minimum atomic E-state index is -5.77. The van der Waals surface area contributed by atoms with E-state index in [9.17, 15) is 38.2 Å². The fourth-order valence-electron chi connectivity index (χ4n) is 6.44. The Hall–Kier alpha value is -3.80. The third-order valence-corrected chi connectivity index (χ3v) is 12.5. The van der Waals surface area contributed by atoms with Crippen LogP contribution in [0.4, 0.5) is 17.5 Å². The van der Waals surface area contributed by atoms with Crippen molar-refractivity contribution in [1.82, 2.24) is 9.97 Å². The van der Waals surface area contributed by atoms with Gasteiger partial charge in [0.15, 0.2) is 11.5 Å². The summed E-state index contributed by atoms with van der Waals surface area (Å²) in [5.74, 6) is -0.622. The summed E-state index contributed by atoms with van der Waals surface area (Å²) in [6.07, 6.45) is 0.159. The van der Waals surface area contributed by atoms with E-state index in [1.165, 1.54) is 15.4 Å². The molecular weight excluding hydrogens is 735 g/mol. The van der Waals surface area contributed by atoms with Gasteiger partial charge in [0.1, 0.15) is 19.0 Å². The van der Waals surface area contributed by atoms with Gasteiger partial charge in [-0.15, -0.1) is 0 Å². The largest absolute Gasteiger partial charge is 0.490 e. The van der Waals surface area contributed by atoms with Gasteiger partial charge in [0.05, 0.1) is 12.7 Å². The van der Waals surface area contributed by atoms with Crippen molar-refractivity contribution < 1.29 is 61.1 Å². The minimum Gasteiger partial charge on any atom is -0.390 e. The zero-order valence-electron chi connectivity index (χ0n) is 26.3. The molecule has 0 spiro atoms. The van der Waals surface area contributed by atoms with Gasteiger partial charge in [-0.05, 0) is 62.9 Å². The van der Waals surface area contributed by atoms with E-state index in [-0.39, 0.29) is 42.0 Å². The molecule has 1 saturated heterocycles. The number of aromatic amines is 1. The molecule has 3 aliphatic rings. The number of nitrogens with zero attached hydrogens (tertiary/aromatic N) is 3. The van der Waals surface area contributed by atoms with Crippen molar-refractivity contribution in [3.05, 3.63) is 75.6 Å². The fourth-order valence-corrected chi connectivity index (χ4v) is 9.47. The Bertz CT molecular complexity index is 2350. The minimum absolute atomic E-state index is 0.0429. The van der Waals surface area contributed by atoms with Crippen LogP contribution in [0.25, 0.3) is 27.6 Å². The van der Waals surface area contributed by atoms with Gasteiger partial charge in [-0.2, -0.15) is 13.6 Å². The smallest absolute Gasteiger partial charge is 0.390 e. The summed E-state index contributed by atoms with van der Waals surface area (Å²) in [4.78, 5) is 73.2. The van der Waals surface area contributed by atoms with Crippen LogP contribution in [0.3, 0.4) is 0 Å². The van der Waals surface area contributed by atoms with Crippen LogP contribution in [-0.2, 0) is 31.6 Å². The van der Waals surface area contributed by atoms with E-state index in [4.69, 9.17) is 20.3 Å². The van der Waals surface area contributed by atoms with Gasteiger partial charge in [-0.25, -0.2) is 13.7 Å². The number of aliphatic hydroxyl groups excluding tert-OH is 1. The van der Waals surface area contributed by atoms with Crippen molar-refractivity contribution in [2.75, 3.05) is 28.8 Å². The number of carbonyl (C=O) groups is 1. The van der Waals surface area contributed by atoms with Crippen LogP contribution in [0, 0.1) is 0 Å². The van der Waals surface area contributed by atoms with Gasteiger partial charge in [0, 0.05) is 12.0 Å². The Kier molecular flexibility index (Phi) is 8.87. The van der Waals surface area contributed by atoms with Crippen LogP contribution in [0.15, 0.2) is 53.3 Å². The molecule has 1 fully saturated rings. The highest BCUT2D eigenvalue weighted by Crippen LogP contribution is 2.66. The Balaban J connectivity index is 1.13. The summed E-state index contributed by atoms with van der Waals surface area (Å²) in [7, 11) is -16.9. The number of aromatic nitrogens is 2. The molecule has 7 rings (SSSR count). The number of nitrogens with one attached hydrogen (secondary N) is 1. The number of nitrogen functional groups attached to an aromatic ring is 1. The van der Waals surface area contributed by atoms with E-state index in [1.807, 2.05) is 18.2 Å². The number of rotatable bonds is 9. The molecule has 6 atom stereocenters. The van der Waals surface area contributed by atoms with Crippen LogP contribution in [0.5, 0.6) is 0 Å². The van der Waals surface area contributed by atoms with E-state index in [0.29, 0.717) is 0 Å². The summed E-state index contributed by atoms with van der Waals surface area (Å²) < 4.78 is 52.6. The second-order valence-corrected chi connectivity index (χ2v) is 16.6. The molecule has 4 aromatic rings. The molecule has 2 aliphatic heterocycles. The van der Waals surface area contributed by atoms with Crippen molar-refractivity contribution in [1.29, 1.82) is 0 Å². The van der Waals surface area contributed by atoms with Gasteiger partial charge in [0.2, 0.25) is 5.95 Å². The number of fused-ring (bicyclic) bond motifs is 5. The monoisotopic (exact) mass is 765 g/mol. The lowest BCUT2D eigenvalue weighted by Crippen LogP contribution is -2.41. The number of hydrogen-bond acceptors (Lipinski definition) is 13. The zero-order chi connectivity index (χ0) is 36.6. The van der Waals surface area contributed by atoms with Crippen LogP contribution in [-0.4, -0.2) is 72.3 Å². The number of aliphatic hydroxyl groups is 1. The predicted molar refractivity (Wildman–Crippen MR) is 181 cm³/mol. The van der Waals surface area contributed by atoms with Crippen molar-refractivity contribution in [3.63, 3.8) is 0 Å². The average Bonchev–Trinajstić information content (AvgIpc) is 3.71. The fraction of sp³-hybridized carbons (Fsp3) is 0.276. The summed E-state index contributed by atoms with van der Waals surface area (Å²) >= 11 is 0. The van der Waals surface area contributed by atoms with E-state index in [1.54, 1.807) is 12.1 Å². The first-order valence-corrected chi connectivity index (χ1v) is 19.7. The number of H-pyrrole nitrogens is 1. The number of phosphoric acid groups is 3. The molecule has 270 valence electrons. The molecule has 3 aromatic carbocycles. The SMILES string of the molecule is CC1C=Cc2cc3ccc4ccc(C(=O)N5CN(C6CC(O)C(COP(=O)(O)OP(=O)(O)OP(=O)(O)O)O6)c6nc(N)[nH]c(=O)c65)cc4c3cc21. The quantitative estimate of drug-likeness (QED) is 0.0952. The van der Waals surface area contributed by atoms with Crippen LogP contribution < -0.4 is 21.1 Å². The van der Waals surface area contributed by atoms with Crippen LogP contribution >= 0.6 is 23.5 Å². The summed E-state index contributed by atoms with van der Waals surface area (Å²) in [6, 6.07) is 13.4. The van der Waals surface area contributed by atoms with Crippen molar-refractivity contribution >= 4 is 74.4 Å². The number of nitrogens with two attached hydrogens (primary N) is 1. The number of phosphoric ester groups is 1. The lowest BCUT2D eigenvalue weighted by atomic mass is 9.94. The van der Waals surface area contributed by atoms with Gasteiger partial charge < -0.3 is 40.1 Å². The zero-order valence-corrected chi connectivity index (χ0v) is 29.0. The molecule has 8 N–H and O–H groups in total. The first kappa shape index (κ1) is 35.6. The maximum atomic E-state index is 14.2. The number of anilines is 3. The Labute approximate surface area is 287 Å². The van der Waals surface area contributed by atoms with Gasteiger partial charge in [-0.3, -0.25) is 24.0 Å². The normalized spacial score (nSPS) is 23.8. The molecule has 1 aromatic heterocycles. The number of ether oxygens (including phenoxy) is 1. The van der Waals surface area contributed by atoms with E-state index in [2.05, 4.69) is 54.3 Å². The maximum Gasteiger partial charge on any atom is 0.490 e. The number of carbonyl (C=O) groups excluding carboxylic acids is 1. The second-order valence-electron chi connectivity index (χ2n) is 12.1. The average molecular weight is 766 g/mol. The van der Waals surface area contributed by atoms with E-state index >= 15 is 0 Å². The maximum absolute atomic E-state index is 14.2. The Morgan fingerprint density at radius 2 is 1.75 bits per heavy atom. The van der Waals surface area contributed by atoms with E-state index in [0.717, 1.165) is 27.1 Å². The molecule has 1 aliphatic carbocycles. The summed E-state index contributed by atoms with van der Waals surface area (Å²) in [6.45, 7) is 0.908. The topological polar surface area (TPSA) is 285 Å². The molecule has 3 heterocycles. The predicted octanol–water partition coefficient (Wildman–Crippen LogP) is 3.03. The number of allylic oxidation sites excluding steroid dienone is 1. The van der Waals surface area contributed by atoms with Crippen molar-refractivity contribution in [3.8, 4) is 0 Å². The molecule has 22 heteroatoms. The van der Waals surface area contributed by atoms with Gasteiger partial charge in [0.25, 0.3) is 11.5 Å². The molecule has 6 unspecified atom stereocenters. The lowest BCUT2D eigenvalue weighted by molar-refractivity contribution is -0.0215. The Morgan fingerprint density at radius 1 is 1.04 bits per heavy atom. The molecule has 19 nitrogen and oxygen atoms in total. The number of hydrogen-bond donors (Lipinski definition) is 7. The number of amides is 1. The Morgan fingerprint density at radius 3 is 2.49 bits per heavy atom. The third kappa shape index (κ3) is 7.04. The highest BCUT2D eigenvalue weighted by Gasteiger charge is 2.46. The second kappa shape index (κ2) is 12.7. The lowest BCUT2D eigenvalue weighted by Gasteiger charge is -2.26. The molecule has 0 bridgehead atoms. The third-order valence-electron chi connectivity index (χ3n) is 8.69. The summed E-state index contributed by atoms with van der Waals surface area (Å²) in [5.41, 5.74) is 7.56. The first-order valence-electron chi connectivity index (χ1n) is 15.2. The molecule has 1 amide bonds.